The van der Waals surface area contributed by atoms with Crippen LogP contribution in [0.4, 0.5) is 0 Å². The minimum absolute atomic E-state index is 0.0746. The molecular formula is C24H29N4O4S2+. The van der Waals surface area contributed by atoms with Crippen LogP contribution in [0.15, 0.2) is 34.2 Å². The number of hydrogen-bond donors (Lipinski definition) is 2. The van der Waals surface area contributed by atoms with Crippen molar-refractivity contribution in [1.29, 1.82) is 0 Å². The van der Waals surface area contributed by atoms with Gasteiger partial charge in [-0.3, -0.25) is 14.2 Å². The van der Waals surface area contributed by atoms with Gasteiger partial charge in [0.05, 0.1) is 48.5 Å². The van der Waals surface area contributed by atoms with Crippen molar-refractivity contribution in [2.24, 2.45) is 0 Å². The van der Waals surface area contributed by atoms with Crippen molar-refractivity contribution >= 4 is 39.2 Å². The zero-order valence-corrected chi connectivity index (χ0v) is 21.0. The van der Waals surface area contributed by atoms with Crippen molar-refractivity contribution in [3.05, 3.63) is 45.1 Å². The number of carbonyl (C=O) groups excluding carboxylic acids is 1. The largest absolute Gasteiger partial charge is 0.497 e. The van der Waals surface area contributed by atoms with E-state index in [4.69, 9.17) is 14.5 Å². The number of thiophene rings is 1. The van der Waals surface area contributed by atoms with E-state index in [1.54, 1.807) is 23.0 Å². The molecule has 2 atom stereocenters. The van der Waals surface area contributed by atoms with E-state index in [2.05, 4.69) is 12.4 Å². The molecule has 180 valence electrons. The van der Waals surface area contributed by atoms with Gasteiger partial charge in [0.15, 0.2) is 5.16 Å². The Bertz CT molecular complexity index is 1250. The summed E-state index contributed by atoms with van der Waals surface area (Å²) >= 11 is 2.89. The van der Waals surface area contributed by atoms with Crippen molar-refractivity contribution in [2.75, 3.05) is 39.6 Å². The van der Waals surface area contributed by atoms with Gasteiger partial charge in [-0.15, -0.1) is 11.3 Å². The highest BCUT2D eigenvalue weighted by atomic mass is 32.2. The van der Waals surface area contributed by atoms with Crippen LogP contribution < -0.4 is 20.5 Å². The highest BCUT2D eigenvalue weighted by Gasteiger charge is 2.26. The number of ether oxygens (including phenoxy) is 2. The number of nitrogens with zero attached hydrogens (tertiary/aromatic N) is 2. The second-order valence-corrected chi connectivity index (χ2v) is 10.8. The lowest BCUT2D eigenvalue weighted by Gasteiger charge is -2.19. The first-order valence-corrected chi connectivity index (χ1v) is 13.4. The molecular weight excluding hydrogens is 472 g/mol. The Hall–Kier alpha value is -2.40. The molecule has 3 aromatic rings. The van der Waals surface area contributed by atoms with E-state index in [-0.39, 0.29) is 23.3 Å². The fourth-order valence-electron chi connectivity index (χ4n) is 4.51. The molecule has 1 aromatic carbocycles. The van der Waals surface area contributed by atoms with Gasteiger partial charge in [-0.05, 0) is 42.7 Å². The predicted molar refractivity (Wildman–Crippen MR) is 134 cm³/mol. The van der Waals surface area contributed by atoms with E-state index in [0.29, 0.717) is 23.1 Å². The lowest BCUT2D eigenvalue weighted by molar-refractivity contribution is -0.895. The molecule has 8 nitrogen and oxygen atoms in total. The molecule has 2 aliphatic rings. The molecule has 1 unspecified atom stereocenters. The van der Waals surface area contributed by atoms with Gasteiger partial charge >= 0.3 is 0 Å². The number of benzene rings is 1. The molecule has 4 heterocycles. The smallest absolute Gasteiger partial charge is 0.267 e. The van der Waals surface area contributed by atoms with Crippen LogP contribution >= 0.6 is 23.1 Å². The molecule has 0 radical (unpaired) electrons. The summed E-state index contributed by atoms with van der Waals surface area (Å²) in [4.78, 5) is 34.7. The summed E-state index contributed by atoms with van der Waals surface area (Å²) in [5.41, 5.74) is 1.77. The number of carbonyl (C=O) groups is 1. The van der Waals surface area contributed by atoms with Crippen molar-refractivity contribution < 1.29 is 19.2 Å². The predicted octanol–water partition coefficient (Wildman–Crippen LogP) is 1.41. The van der Waals surface area contributed by atoms with Crippen molar-refractivity contribution in [3.63, 3.8) is 0 Å². The van der Waals surface area contributed by atoms with E-state index >= 15 is 0 Å². The molecule has 0 bridgehead atoms. The van der Waals surface area contributed by atoms with Gasteiger partial charge in [-0.1, -0.05) is 11.8 Å². The summed E-state index contributed by atoms with van der Waals surface area (Å²) in [5.74, 6) is 0.804. The van der Waals surface area contributed by atoms with Gasteiger partial charge in [0, 0.05) is 19.6 Å². The number of nitrogens with one attached hydrogen (secondary N) is 2. The van der Waals surface area contributed by atoms with Crippen molar-refractivity contribution in [1.82, 2.24) is 14.9 Å². The summed E-state index contributed by atoms with van der Waals surface area (Å²) in [6.07, 6.45) is 2.98. The van der Waals surface area contributed by atoms with Gasteiger partial charge in [-0.2, -0.15) is 0 Å². The maximum absolute atomic E-state index is 13.8. The standard InChI is InChI=1S/C24H28N4O4S2/c1-27-10-9-18-19(13-27)34-22-21(18)23(30)28(15-5-7-16(31-2)8-6-15)24(26-22)33-14-20(29)25-12-17-4-3-11-32-17/h5-8,17H,3-4,9-14H2,1-2H3,(H,25,29)/p+1/t17-/m0/s1. The molecule has 1 amide bonds. The summed E-state index contributed by atoms with van der Waals surface area (Å²) in [5, 5.41) is 4.19. The second-order valence-electron chi connectivity index (χ2n) is 8.78. The van der Waals surface area contributed by atoms with Crippen molar-refractivity contribution in [3.8, 4) is 11.4 Å². The normalized spacial score (nSPS) is 19.8. The molecule has 0 aliphatic carbocycles. The number of aromatic nitrogens is 2. The first-order chi connectivity index (χ1) is 16.5. The molecule has 5 rings (SSSR count). The number of amides is 1. The minimum atomic E-state index is -0.0909. The molecule has 2 aliphatic heterocycles. The topological polar surface area (TPSA) is 86.9 Å². The van der Waals surface area contributed by atoms with Crippen LogP contribution in [0.5, 0.6) is 5.75 Å². The monoisotopic (exact) mass is 501 g/mol. The number of quaternary nitrogens is 1. The van der Waals surface area contributed by atoms with Crippen LogP contribution in [0.2, 0.25) is 0 Å². The maximum Gasteiger partial charge on any atom is 0.267 e. The Labute approximate surface area is 206 Å². The number of methoxy groups -OCH3 is 1. The van der Waals surface area contributed by atoms with Crippen molar-refractivity contribution in [2.45, 2.75) is 37.1 Å². The van der Waals surface area contributed by atoms with Gasteiger partial charge in [-0.25, -0.2) is 4.98 Å². The number of fused-ring (bicyclic) bond motifs is 3. The third-order valence-corrected chi connectivity index (χ3v) is 8.42. The molecule has 34 heavy (non-hydrogen) atoms. The van der Waals surface area contributed by atoms with Crippen LogP contribution in [0.3, 0.4) is 0 Å². The first kappa shape index (κ1) is 23.3. The maximum atomic E-state index is 13.8. The van der Waals surface area contributed by atoms with Gasteiger partial charge in [0.1, 0.15) is 17.1 Å². The Morgan fingerprint density at radius 1 is 1.38 bits per heavy atom. The molecule has 10 heteroatoms. The first-order valence-electron chi connectivity index (χ1n) is 11.6. The van der Waals surface area contributed by atoms with Crippen LogP contribution in [0.25, 0.3) is 15.9 Å². The average Bonchev–Trinajstić information content (AvgIpc) is 3.49. The van der Waals surface area contributed by atoms with E-state index < -0.39 is 0 Å². The molecule has 0 spiro atoms. The molecule has 1 fully saturated rings. The van der Waals surface area contributed by atoms with Crippen LogP contribution in [-0.2, 0) is 22.5 Å². The van der Waals surface area contributed by atoms with E-state index in [0.717, 1.165) is 54.7 Å². The summed E-state index contributed by atoms with van der Waals surface area (Å²) in [6, 6.07) is 7.37. The van der Waals surface area contributed by atoms with Gasteiger partial charge in [0.2, 0.25) is 5.91 Å². The Kier molecular flexibility index (Phi) is 6.91. The Morgan fingerprint density at radius 2 is 2.21 bits per heavy atom. The fourth-order valence-corrected chi connectivity index (χ4v) is 6.73. The molecule has 1 saturated heterocycles. The minimum Gasteiger partial charge on any atom is -0.497 e. The quantitative estimate of drug-likeness (QED) is 0.376. The zero-order valence-electron chi connectivity index (χ0n) is 19.4. The van der Waals surface area contributed by atoms with Crippen LogP contribution in [0.1, 0.15) is 23.3 Å². The van der Waals surface area contributed by atoms with Gasteiger partial charge in [0.25, 0.3) is 5.56 Å². The molecule has 0 saturated carbocycles. The third kappa shape index (κ3) is 4.72. The summed E-state index contributed by atoms with van der Waals surface area (Å²) in [7, 11) is 3.79. The van der Waals surface area contributed by atoms with Crippen LogP contribution in [-0.4, -0.2) is 61.2 Å². The second kappa shape index (κ2) is 10.1. The number of hydrogen-bond acceptors (Lipinski definition) is 7. The summed E-state index contributed by atoms with van der Waals surface area (Å²) in [6.45, 7) is 3.19. The molecule has 2 N–H and O–H groups in total. The lowest BCUT2D eigenvalue weighted by atomic mass is 10.1. The Morgan fingerprint density at radius 3 is 2.94 bits per heavy atom. The SMILES string of the molecule is COc1ccc(-n2c(SCC(=O)NC[C@@H]3CCCO3)nc3sc4c(c3c2=O)CC[NH+](C)C4)cc1. The fraction of sp³-hybridized carbons (Fsp3) is 0.458. The molecule has 2 aromatic heterocycles. The lowest BCUT2D eigenvalue weighted by Crippen LogP contribution is -3.08. The van der Waals surface area contributed by atoms with E-state index in [1.807, 2.05) is 24.3 Å². The van der Waals surface area contributed by atoms with Crippen LogP contribution in [0, 0.1) is 0 Å². The van der Waals surface area contributed by atoms with E-state index in [9.17, 15) is 9.59 Å². The van der Waals surface area contributed by atoms with E-state index in [1.165, 1.54) is 21.5 Å². The average molecular weight is 502 g/mol. The highest BCUT2D eigenvalue weighted by Crippen LogP contribution is 2.32. The number of thioether (sulfide) groups is 1. The zero-order chi connectivity index (χ0) is 23.7. The third-order valence-electron chi connectivity index (χ3n) is 6.36. The Balaban J connectivity index is 1.48. The van der Waals surface area contributed by atoms with Gasteiger partial charge < -0.3 is 19.7 Å². The number of likely N-dealkylation sites (N-methyl/N-ethyl adjacent to an activating group) is 1. The highest BCUT2D eigenvalue weighted by molar-refractivity contribution is 7.99. The number of rotatable bonds is 7. The summed E-state index contributed by atoms with van der Waals surface area (Å²) < 4.78 is 12.5.